The standard InChI is InChI=1S/C32H37Cl2FN6O2S/c1-17(2)26-28(30(43)39-12-4-5-23(39)29(42)40-16-32(10-11-32)37-14-18(40)3)44-31-38-25(20-7-9-24(34)36-15-20)27(41(26)31)19-6-8-21(33)22(35)13-19/h6-9,13,15,17-18,23,25,27,30,37,43H,4-5,10-12,14,16H2,1-3H3/t18-,23+,25+,27-,30?/m1/s1. The third kappa shape index (κ3) is 5.25. The maximum Gasteiger partial charge on any atom is 0.240 e. The zero-order chi connectivity index (χ0) is 30.9. The second kappa shape index (κ2) is 11.5. The molecule has 1 aromatic carbocycles. The van der Waals surface area contributed by atoms with Crippen LogP contribution < -0.4 is 5.32 Å². The van der Waals surface area contributed by atoms with Crippen LogP contribution in [0.15, 0.2) is 52.1 Å². The first-order valence-corrected chi connectivity index (χ1v) is 17.0. The molecule has 1 saturated carbocycles. The number of amides is 1. The van der Waals surface area contributed by atoms with Crippen molar-refractivity contribution in [2.75, 3.05) is 19.6 Å². The molecule has 1 amide bonds. The molecule has 44 heavy (non-hydrogen) atoms. The summed E-state index contributed by atoms with van der Waals surface area (Å²) >= 11 is 13.6. The smallest absolute Gasteiger partial charge is 0.240 e. The van der Waals surface area contributed by atoms with E-state index in [9.17, 15) is 14.3 Å². The van der Waals surface area contributed by atoms with Crippen LogP contribution in [-0.4, -0.2) is 79.3 Å². The first kappa shape index (κ1) is 30.4. The Balaban J connectivity index is 1.23. The largest absolute Gasteiger partial charge is 0.373 e. The molecule has 0 bridgehead atoms. The number of hydrogen-bond donors (Lipinski definition) is 2. The molecule has 4 aliphatic heterocycles. The second-order valence-electron chi connectivity index (χ2n) is 13.0. The third-order valence-corrected chi connectivity index (χ3v) is 11.4. The van der Waals surface area contributed by atoms with Crippen molar-refractivity contribution in [3.8, 4) is 0 Å². The fourth-order valence-corrected chi connectivity index (χ4v) is 8.77. The zero-order valence-electron chi connectivity index (χ0n) is 25.0. The number of aliphatic hydroxyl groups is 1. The van der Waals surface area contributed by atoms with Crippen LogP contribution >= 0.6 is 35.0 Å². The Bertz CT molecular complexity index is 1530. The number of nitrogens with one attached hydrogen (secondary N) is 1. The van der Waals surface area contributed by atoms with Crippen molar-refractivity contribution < 1.29 is 14.3 Å². The summed E-state index contributed by atoms with van der Waals surface area (Å²) in [7, 11) is 0. The number of nitrogens with zero attached hydrogens (tertiary/aromatic N) is 5. The van der Waals surface area contributed by atoms with Gasteiger partial charge in [0.2, 0.25) is 5.91 Å². The highest BCUT2D eigenvalue weighted by atomic mass is 35.5. The van der Waals surface area contributed by atoms with Crippen molar-refractivity contribution in [2.45, 2.75) is 82.4 Å². The van der Waals surface area contributed by atoms with Crippen LogP contribution in [0, 0.1) is 11.7 Å². The minimum Gasteiger partial charge on any atom is -0.373 e. The fraction of sp³-hybridized carbons (Fsp3) is 0.531. The van der Waals surface area contributed by atoms with Crippen molar-refractivity contribution in [1.82, 2.24) is 25.0 Å². The van der Waals surface area contributed by atoms with Gasteiger partial charge in [-0.05, 0) is 67.9 Å². The van der Waals surface area contributed by atoms with E-state index in [1.54, 1.807) is 18.3 Å². The summed E-state index contributed by atoms with van der Waals surface area (Å²) in [6.07, 6.45) is 4.51. The number of likely N-dealkylation sites (tertiary alicyclic amines) is 1. The number of hydrogen-bond acceptors (Lipinski definition) is 8. The summed E-state index contributed by atoms with van der Waals surface area (Å²) in [5.41, 5.74) is 2.58. The summed E-state index contributed by atoms with van der Waals surface area (Å²) < 4.78 is 14.9. The Hall–Kier alpha value is -2.21. The minimum atomic E-state index is -0.964. The normalized spacial score (nSPS) is 28.7. The van der Waals surface area contributed by atoms with Gasteiger partial charge in [-0.2, -0.15) is 0 Å². The molecule has 5 atom stereocenters. The van der Waals surface area contributed by atoms with Crippen LogP contribution in [0.25, 0.3) is 0 Å². The van der Waals surface area contributed by atoms with Gasteiger partial charge in [0.1, 0.15) is 23.2 Å². The molecule has 5 aliphatic rings. The molecule has 2 N–H and O–H groups in total. The van der Waals surface area contributed by atoms with E-state index >= 15 is 0 Å². The Morgan fingerprint density at radius 3 is 2.66 bits per heavy atom. The number of halogens is 3. The lowest BCUT2D eigenvalue weighted by Crippen LogP contribution is -2.62. The molecule has 5 heterocycles. The molecular formula is C32H37Cl2FN6O2S. The van der Waals surface area contributed by atoms with E-state index in [-0.39, 0.29) is 46.6 Å². The highest BCUT2D eigenvalue weighted by Gasteiger charge is 2.52. The number of pyridine rings is 1. The van der Waals surface area contributed by atoms with E-state index in [0.29, 0.717) is 11.7 Å². The highest BCUT2D eigenvalue weighted by Crippen LogP contribution is 2.54. The van der Waals surface area contributed by atoms with E-state index in [2.05, 4.69) is 36.0 Å². The first-order valence-electron chi connectivity index (χ1n) is 15.4. The summed E-state index contributed by atoms with van der Waals surface area (Å²) in [6, 6.07) is 7.47. The number of thioether (sulfide) groups is 1. The molecular weight excluding hydrogens is 622 g/mol. The predicted molar refractivity (Wildman–Crippen MR) is 172 cm³/mol. The number of carbonyl (C=O) groups is 1. The van der Waals surface area contributed by atoms with Crippen LogP contribution in [0.3, 0.4) is 0 Å². The van der Waals surface area contributed by atoms with Gasteiger partial charge in [-0.25, -0.2) is 9.37 Å². The number of fused-ring (bicyclic) bond motifs is 1. The number of carbonyl (C=O) groups excluding carboxylic acids is 1. The van der Waals surface area contributed by atoms with Crippen molar-refractivity contribution in [2.24, 2.45) is 10.9 Å². The summed E-state index contributed by atoms with van der Waals surface area (Å²) in [5, 5.41) is 16.9. The number of aromatic nitrogens is 1. The number of amidine groups is 1. The molecule has 3 fully saturated rings. The van der Waals surface area contributed by atoms with Gasteiger partial charge in [0.15, 0.2) is 5.17 Å². The molecule has 2 aromatic rings. The molecule has 1 unspecified atom stereocenters. The van der Waals surface area contributed by atoms with Crippen LogP contribution in [-0.2, 0) is 4.79 Å². The number of benzene rings is 1. The maximum absolute atomic E-state index is 14.9. The van der Waals surface area contributed by atoms with Crippen molar-refractivity contribution in [3.63, 3.8) is 0 Å². The van der Waals surface area contributed by atoms with Gasteiger partial charge in [0, 0.05) is 43.1 Å². The van der Waals surface area contributed by atoms with Crippen molar-refractivity contribution >= 4 is 46.0 Å². The van der Waals surface area contributed by atoms with Gasteiger partial charge in [0.25, 0.3) is 0 Å². The average Bonchev–Trinajstić information content (AvgIpc) is 3.32. The lowest BCUT2D eigenvalue weighted by Gasteiger charge is -2.42. The van der Waals surface area contributed by atoms with E-state index in [4.69, 9.17) is 28.2 Å². The van der Waals surface area contributed by atoms with Gasteiger partial charge in [-0.1, -0.05) is 60.9 Å². The zero-order valence-corrected chi connectivity index (χ0v) is 27.3. The van der Waals surface area contributed by atoms with Gasteiger partial charge >= 0.3 is 0 Å². The topological polar surface area (TPSA) is 84.3 Å². The summed E-state index contributed by atoms with van der Waals surface area (Å²) in [6.45, 7) is 8.44. The molecule has 12 heteroatoms. The summed E-state index contributed by atoms with van der Waals surface area (Å²) in [5.74, 6) is -0.373. The highest BCUT2D eigenvalue weighted by molar-refractivity contribution is 8.17. The first-order chi connectivity index (χ1) is 21.1. The molecule has 7 rings (SSSR count). The van der Waals surface area contributed by atoms with Crippen molar-refractivity contribution in [3.05, 3.63) is 74.3 Å². The molecule has 1 aromatic heterocycles. The monoisotopic (exact) mass is 658 g/mol. The molecule has 0 radical (unpaired) electrons. The quantitative estimate of drug-likeness (QED) is 0.384. The van der Waals surface area contributed by atoms with E-state index in [1.165, 1.54) is 17.8 Å². The van der Waals surface area contributed by atoms with Crippen LogP contribution in [0.4, 0.5) is 4.39 Å². The summed E-state index contributed by atoms with van der Waals surface area (Å²) in [4.78, 5) is 30.4. The second-order valence-corrected chi connectivity index (χ2v) is 14.8. The fourth-order valence-electron chi connectivity index (χ4n) is 7.19. The van der Waals surface area contributed by atoms with Crippen LogP contribution in [0.5, 0.6) is 0 Å². The predicted octanol–water partition coefficient (Wildman–Crippen LogP) is 5.73. The minimum absolute atomic E-state index is 0.0151. The average molecular weight is 660 g/mol. The van der Waals surface area contributed by atoms with Gasteiger partial charge in [-0.3, -0.25) is 14.7 Å². The Labute approximate surface area is 271 Å². The van der Waals surface area contributed by atoms with Crippen LogP contribution in [0.1, 0.15) is 69.7 Å². The van der Waals surface area contributed by atoms with Gasteiger partial charge in [0.05, 0.1) is 22.0 Å². The van der Waals surface area contributed by atoms with Gasteiger partial charge in [-0.15, -0.1) is 0 Å². The molecule has 1 aliphatic carbocycles. The molecule has 2 saturated heterocycles. The SMILES string of the molecule is CC(C)C1=C(C(O)N2CCC[C@H]2C(=O)N2CC3(CC3)NC[C@H]2C)SC2=N[C@@H](c3ccc(Cl)nc3)[C@@H](c3ccc(Cl)c(F)c3)N21. The number of aliphatic imine (C=N–C) groups is 1. The van der Waals surface area contributed by atoms with E-state index in [1.807, 2.05) is 21.9 Å². The van der Waals surface area contributed by atoms with Crippen LogP contribution in [0.2, 0.25) is 10.2 Å². The van der Waals surface area contributed by atoms with E-state index < -0.39 is 12.0 Å². The Morgan fingerprint density at radius 2 is 1.98 bits per heavy atom. The lowest BCUT2D eigenvalue weighted by atomic mass is 9.93. The Kier molecular flexibility index (Phi) is 7.99. The Morgan fingerprint density at radius 1 is 1.20 bits per heavy atom. The van der Waals surface area contributed by atoms with E-state index in [0.717, 1.165) is 65.7 Å². The number of rotatable bonds is 6. The molecule has 234 valence electrons. The van der Waals surface area contributed by atoms with Crippen molar-refractivity contribution in [1.29, 1.82) is 0 Å². The molecule has 1 spiro atoms. The number of allylic oxidation sites excluding steroid dienone is 1. The van der Waals surface area contributed by atoms with Gasteiger partial charge < -0.3 is 20.2 Å². The lowest BCUT2D eigenvalue weighted by molar-refractivity contribution is -0.142. The third-order valence-electron chi connectivity index (χ3n) is 9.71. The number of piperazine rings is 1. The molecule has 8 nitrogen and oxygen atoms in total. The number of aliphatic hydroxyl groups excluding tert-OH is 1. The maximum atomic E-state index is 14.9.